The molecule has 2 aromatic heterocycles. The molecular weight excluding hydrogens is 278 g/mol. The number of nitrogens with zero attached hydrogens (tertiary/aromatic N) is 3. The van der Waals surface area contributed by atoms with Crippen LogP contribution in [0.2, 0.25) is 0 Å². The van der Waals surface area contributed by atoms with Gasteiger partial charge in [-0.2, -0.15) is 0 Å². The molecule has 0 bridgehead atoms. The van der Waals surface area contributed by atoms with Crippen LogP contribution in [-0.4, -0.2) is 15.2 Å². The maximum Gasteiger partial charge on any atom is 0.291 e. The minimum absolute atomic E-state index is 0.250. The third kappa shape index (κ3) is 2.64. The van der Waals surface area contributed by atoms with Crippen molar-refractivity contribution in [2.45, 2.75) is 31.7 Å². The molecule has 0 aliphatic heterocycles. The molecule has 3 rings (SSSR count). The largest absolute Gasteiger partial charge is 0.355 e. The highest BCUT2D eigenvalue weighted by Crippen LogP contribution is 2.41. The van der Waals surface area contributed by atoms with Gasteiger partial charge in [0.1, 0.15) is 0 Å². The number of anilines is 1. The van der Waals surface area contributed by atoms with Gasteiger partial charge in [0.2, 0.25) is 5.13 Å². The van der Waals surface area contributed by atoms with E-state index in [1.165, 1.54) is 17.8 Å². The number of rotatable bonds is 5. The first-order valence-corrected chi connectivity index (χ1v) is 7.15. The Hall–Kier alpha value is -1.15. The number of halogens is 2. The fraction of sp³-hybridized carbons (Fsp3) is 0.500. The fourth-order valence-electron chi connectivity index (χ4n) is 1.48. The van der Waals surface area contributed by atoms with Gasteiger partial charge in [-0.1, -0.05) is 11.3 Å². The molecule has 0 unspecified atom stereocenters. The first-order chi connectivity index (χ1) is 8.72. The first-order valence-electron chi connectivity index (χ1n) is 5.52. The first kappa shape index (κ1) is 11.9. The number of nitrogens with one attached hydrogen (secondary N) is 1. The molecule has 1 fully saturated rings. The topological polar surface area (TPSA) is 50.7 Å². The van der Waals surface area contributed by atoms with E-state index in [1.807, 2.05) is 6.20 Å². The van der Waals surface area contributed by atoms with E-state index in [4.69, 9.17) is 0 Å². The molecule has 0 radical (unpaired) electrons. The molecule has 0 aromatic carbocycles. The molecule has 0 spiro atoms. The quantitative estimate of drug-likeness (QED) is 0.916. The molecule has 1 aliphatic rings. The number of hydrogen-bond donors (Lipinski definition) is 1. The van der Waals surface area contributed by atoms with Crippen molar-refractivity contribution < 1.29 is 8.78 Å². The summed E-state index contributed by atoms with van der Waals surface area (Å²) in [6.45, 7) is 0.558. The lowest BCUT2D eigenvalue weighted by Crippen LogP contribution is -1.96. The van der Waals surface area contributed by atoms with Crippen LogP contribution in [0.25, 0.3) is 0 Å². The normalized spacial score (nSPS) is 15.3. The molecule has 0 amide bonds. The van der Waals surface area contributed by atoms with E-state index in [9.17, 15) is 8.78 Å². The highest BCUT2D eigenvalue weighted by Gasteiger charge is 2.26. The highest BCUT2D eigenvalue weighted by molar-refractivity contribution is 7.15. The van der Waals surface area contributed by atoms with Gasteiger partial charge < -0.3 is 5.32 Å². The summed E-state index contributed by atoms with van der Waals surface area (Å²) in [4.78, 5) is 5.44. The van der Waals surface area contributed by atoms with E-state index in [0.29, 0.717) is 17.6 Å². The van der Waals surface area contributed by atoms with Gasteiger partial charge in [-0.15, -0.1) is 21.5 Å². The van der Waals surface area contributed by atoms with Crippen molar-refractivity contribution in [2.75, 3.05) is 5.32 Å². The van der Waals surface area contributed by atoms with Crippen LogP contribution in [0.1, 0.15) is 40.1 Å². The highest BCUT2D eigenvalue weighted by atomic mass is 32.1. The molecule has 1 aliphatic carbocycles. The van der Waals surface area contributed by atoms with Gasteiger partial charge in [0.05, 0.1) is 11.6 Å². The Balaban J connectivity index is 1.58. The van der Waals surface area contributed by atoms with Gasteiger partial charge in [0, 0.05) is 17.0 Å². The number of aromatic nitrogens is 3. The molecule has 96 valence electrons. The maximum atomic E-state index is 12.3. The van der Waals surface area contributed by atoms with Crippen molar-refractivity contribution >= 4 is 27.8 Å². The summed E-state index contributed by atoms with van der Waals surface area (Å²) in [6, 6.07) is 0. The fourth-order valence-corrected chi connectivity index (χ4v) is 3.10. The molecule has 1 N–H and O–H groups in total. The molecule has 2 heterocycles. The van der Waals surface area contributed by atoms with Crippen LogP contribution >= 0.6 is 22.7 Å². The zero-order valence-electron chi connectivity index (χ0n) is 9.27. The number of hydrogen-bond acceptors (Lipinski definition) is 6. The van der Waals surface area contributed by atoms with Gasteiger partial charge in [-0.3, -0.25) is 0 Å². The third-order valence-corrected chi connectivity index (χ3v) is 4.59. The van der Waals surface area contributed by atoms with Crippen molar-refractivity contribution in [1.29, 1.82) is 0 Å². The second kappa shape index (κ2) is 4.85. The Kier molecular flexibility index (Phi) is 3.21. The van der Waals surface area contributed by atoms with Crippen molar-refractivity contribution in [3.8, 4) is 0 Å². The Morgan fingerprint density at radius 2 is 2.17 bits per heavy atom. The van der Waals surface area contributed by atoms with Crippen LogP contribution in [0.15, 0.2) is 6.20 Å². The van der Waals surface area contributed by atoms with Crippen molar-refractivity contribution in [3.05, 3.63) is 21.1 Å². The van der Waals surface area contributed by atoms with E-state index in [0.717, 1.165) is 16.2 Å². The van der Waals surface area contributed by atoms with E-state index in [1.54, 1.807) is 11.3 Å². The van der Waals surface area contributed by atoms with Crippen molar-refractivity contribution in [3.63, 3.8) is 0 Å². The summed E-state index contributed by atoms with van der Waals surface area (Å²) in [5, 5.41) is 11.4. The average Bonchev–Trinajstić information content (AvgIpc) is 2.92. The number of alkyl halides is 2. The molecule has 0 atom stereocenters. The number of thiazole rings is 1. The van der Waals surface area contributed by atoms with Crippen LogP contribution in [0.5, 0.6) is 0 Å². The van der Waals surface area contributed by atoms with Gasteiger partial charge in [-0.25, -0.2) is 13.8 Å². The van der Waals surface area contributed by atoms with E-state index in [-0.39, 0.29) is 5.01 Å². The molecule has 8 heteroatoms. The van der Waals surface area contributed by atoms with Crippen LogP contribution in [0, 0.1) is 0 Å². The van der Waals surface area contributed by atoms with Crippen LogP contribution in [-0.2, 0) is 6.54 Å². The zero-order valence-corrected chi connectivity index (χ0v) is 10.9. The smallest absolute Gasteiger partial charge is 0.291 e. The van der Waals surface area contributed by atoms with Crippen molar-refractivity contribution in [1.82, 2.24) is 15.2 Å². The molecule has 0 saturated heterocycles. The summed E-state index contributed by atoms with van der Waals surface area (Å²) in [5.41, 5.74) is 0. The molecule has 2 aromatic rings. The van der Waals surface area contributed by atoms with Gasteiger partial charge >= 0.3 is 0 Å². The van der Waals surface area contributed by atoms with Crippen molar-refractivity contribution in [2.24, 2.45) is 0 Å². The van der Waals surface area contributed by atoms with Crippen LogP contribution in [0.3, 0.4) is 0 Å². The lowest BCUT2D eigenvalue weighted by atomic mass is 10.5. The van der Waals surface area contributed by atoms with E-state index < -0.39 is 6.43 Å². The lowest BCUT2D eigenvalue weighted by molar-refractivity contribution is 0.150. The lowest BCUT2D eigenvalue weighted by Gasteiger charge is -1.97. The standard InChI is InChI=1S/C10H10F2N4S2/c11-7(12)9-15-16-10(18-9)14-4-6-3-13-8(17-6)5-1-2-5/h3,5,7H,1-2,4H2,(H,14,16). The van der Waals surface area contributed by atoms with Crippen LogP contribution < -0.4 is 5.32 Å². The molecular formula is C10H10F2N4S2. The molecule has 18 heavy (non-hydrogen) atoms. The zero-order chi connectivity index (χ0) is 12.5. The Morgan fingerprint density at radius 3 is 2.83 bits per heavy atom. The van der Waals surface area contributed by atoms with Gasteiger partial charge in [0.25, 0.3) is 6.43 Å². The average molecular weight is 288 g/mol. The van der Waals surface area contributed by atoms with Gasteiger partial charge in [-0.05, 0) is 12.8 Å². The Bertz CT molecular complexity index is 495. The SMILES string of the molecule is FC(F)c1nnc(NCc2cnc(C3CC3)s2)s1. The minimum atomic E-state index is -2.55. The van der Waals surface area contributed by atoms with Gasteiger partial charge in [0.15, 0.2) is 5.01 Å². The predicted octanol–water partition coefficient (Wildman–Crippen LogP) is 3.42. The van der Waals surface area contributed by atoms with Crippen LogP contribution in [0.4, 0.5) is 13.9 Å². The molecule has 1 saturated carbocycles. The second-order valence-corrected chi connectivity index (χ2v) is 6.19. The monoisotopic (exact) mass is 288 g/mol. The summed E-state index contributed by atoms with van der Waals surface area (Å²) in [5.74, 6) is 0.649. The maximum absolute atomic E-state index is 12.3. The summed E-state index contributed by atoms with van der Waals surface area (Å²) < 4.78 is 24.6. The second-order valence-electron chi connectivity index (χ2n) is 4.04. The van der Waals surface area contributed by atoms with E-state index in [2.05, 4.69) is 20.5 Å². The Morgan fingerprint density at radius 1 is 1.33 bits per heavy atom. The summed E-state index contributed by atoms with van der Waals surface area (Å²) in [7, 11) is 0. The third-order valence-electron chi connectivity index (χ3n) is 2.54. The Labute approximate surface area is 110 Å². The molecule has 4 nitrogen and oxygen atoms in total. The predicted molar refractivity (Wildman–Crippen MR) is 66.3 cm³/mol. The van der Waals surface area contributed by atoms with E-state index >= 15 is 0 Å². The summed E-state index contributed by atoms with van der Waals surface area (Å²) >= 11 is 2.56. The summed E-state index contributed by atoms with van der Waals surface area (Å²) in [6.07, 6.45) is 1.74. The minimum Gasteiger partial charge on any atom is -0.355 e.